The summed E-state index contributed by atoms with van der Waals surface area (Å²) in [5.74, 6) is 1.04. The second kappa shape index (κ2) is 6.40. The molecule has 1 aliphatic heterocycles. The highest BCUT2D eigenvalue weighted by Crippen LogP contribution is 2.24. The lowest BCUT2D eigenvalue weighted by Crippen LogP contribution is -2.48. The van der Waals surface area contributed by atoms with Crippen LogP contribution in [-0.2, 0) is 11.2 Å². The van der Waals surface area contributed by atoms with Gasteiger partial charge >= 0.3 is 0 Å². The van der Waals surface area contributed by atoms with Crippen molar-refractivity contribution in [1.29, 1.82) is 0 Å². The van der Waals surface area contributed by atoms with Crippen LogP contribution in [0.3, 0.4) is 0 Å². The largest absolute Gasteiger partial charge is 0.497 e. The maximum Gasteiger partial charge on any atom is 0.227 e. The van der Waals surface area contributed by atoms with E-state index in [9.17, 15) is 4.79 Å². The fraction of sp³-hybridized carbons (Fsp3) is 0.471. The summed E-state index contributed by atoms with van der Waals surface area (Å²) in [6.07, 6.45) is 2.39. The molecule has 1 saturated heterocycles. The van der Waals surface area contributed by atoms with Gasteiger partial charge in [0.25, 0.3) is 0 Å². The summed E-state index contributed by atoms with van der Waals surface area (Å²) in [5, 5.41) is 1.10. The number of carbonyl (C=O) groups is 1. The zero-order valence-corrected chi connectivity index (χ0v) is 13.3. The Hall–Kier alpha value is -2.01. The van der Waals surface area contributed by atoms with E-state index in [1.165, 1.54) is 0 Å². The Morgan fingerprint density at radius 2 is 2.05 bits per heavy atom. The molecule has 1 N–H and O–H groups in total. The number of benzene rings is 1. The monoisotopic (exact) mass is 301 g/mol. The number of nitrogens with one attached hydrogen (secondary N) is 1. The first-order valence-electron chi connectivity index (χ1n) is 7.85. The lowest BCUT2D eigenvalue weighted by atomic mass is 10.1. The Morgan fingerprint density at radius 1 is 1.27 bits per heavy atom. The number of fused-ring (bicyclic) bond motifs is 1. The van der Waals surface area contributed by atoms with Gasteiger partial charge in [0.2, 0.25) is 5.91 Å². The van der Waals surface area contributed by atoms with Crippen molar-refractivity contribution in [2.45, 2.75) is 13.3 Å². The number of rotatable bonds is 4. The van der Waals surface area contributed by atoms with E-state index >= 15 is 0 Å². The van der Waals surface area contributed by atoms with E-state index in [4.69, 9.17) is 4.74 Å². The molecule has 2 aromatic rings. The Balaban J connectivity index is 1.69. The summed E-state index contributed by atoms with van der Waals surface area (Å²) < 4.78 is 5.23. The highest BCUT2D eigenvalue weighted by Gasteiger charge is 2.21. The van der Waals surface area contributed by atoms with Crippen LogP contribution in [-0.4, -0.2) is 60.5 Å². The van der Waals surface area contributed by atoms with Crippen LogP contribution in [0.4, 0.5) is 0 Å². The van der Waals surface area contributed by atoms with Crippen LogP contribution in [0, 0.1) is 0 Å². The number of H-pyrrole nitrogens is 1. The van der Waals surface area contributed by atoms with Crippen LogP contribution >= 0.6 is 0 Å². The zero-order valence-electron chi connectivity index (χ0n) is 13.3. The molecule has 1 amide bonds. The average Bonchev–Trinajstić information content (AvgIpc) is 2.97. The lowest BCUT2D eigenvalue weighted by molar-refractivity contribution is -0.132. The molecule has 2 heterocycles. The van der Waals surface area contributed by atoms with Crippen molar-refractivity contribution in [3.63, 3.8) is 0 Å². The molecular formula is C17H23N3O2. The second-order valence-corrected chi connectivity index (χ2v) is 5.72. The number of aromatic nitrogens is 1. The predicted molar refractivity (Wildman–Crippen MR) is 87.2 cm³/mol. The molecule has 1 aliphatic rings. The van der Waals surface area contributed by atoms with Gasteiger partial charge in [0, 0.05) is 49.3 Å². The number of amides is 1. The third kappa shape index (κ3) is 2.95. The molecule has 1 fully saturated rings. The van der Waals surface area contributed by atoms with Crippen molar-refractivity contribution in [3.05, 3.63) is 30.0 Å². The normalized spacial score (nSPS) is 16.2. The lowest BCUT2D eigenvalue weighted by Gasteiger charge is -2.34. The number of aromatic amines is 1. The summed E-state index contributed by atoms with van der Waals surface area (Å²) >= 11 is 0. The van der Waals surface area contributed by atoms with Crippen molar-refractivity contribution < 1.29 is 9.53 Å². The maximum atomic E-state index is 12.5. The number of piperazine rings is 1. The quantitative estimate of drug-likeness (QED) is 0.938. The molecule has 118 valence electrons. The van der Waals surface area contributed by atoms with Crippen LogP contribution in [0.2, 0.25) is 0 Å². The number of ether oxygens (including phenoxy) is 1. The summed E-state index contributed by atoms with van der Waals surface area (Å²) in [6.45, 7) is 6.86. The van der Waals surface area contributed by atoms with Gasteiger partial charge in [-0.25, -0.2) is 0 Å². The minimum Gasteiger partial charge on any atom is -0.497 e. The molecule has 0 radical (unpaired) electrons. The van der Waals surface area contributed by atoms with E-state index in [1.54, 1.807) is 7.11 Å². The van der Waals surface area contributed by atoms with Crippen LogP contribution in [0.25, 0.3) is 10.9 Å². The van der Waals surface area contributed by atoms with Gasteiger partial charge in [0.05, 0.1) is 13.5 Å². The molecule has 22 heavy (non-hydrogen) atoms. The smallest absolute Gasteiger partial charge is 0.227 e. The first-order valence-corrected chi connectivity index (χ1v) is 7.85. The maximum absolute atomic E-state index is 12.5. The van der Waals surface area contributed by atoms with E-state index in [0.29, 0.717) is 6.42 Å². The van der Waals surface area contributed by atoms with Crippen LogP contribution < -0.4 is 4.74 Å². The molecule has 1 aromatic heterocycles. The van der Waals surface area contributed by atoms with Crippen LogP contribution in [0.5, 0.6) is 5.75 Å². The van der Waals surface area contributed by atoms with Gasteiger partial charge < -0.3 is 19.5 Å². The van der Waals surface area contributed by atoms with Gasteiger partial charge in [-0.1, -0.05) is 6.92 Å². The Bertz CT molecular complexity index is 657. The third-order valence-corrected chi connectivity index (χ3v) is 4.49. The highest BCUT2D eigenvalue weighted by atomic mass is 16.5. The molecular weight excluding hydrogens is 278 g/mol. The summed E-state index contributed by atoms with van der Waals surface area (Å²) in [7, 11) is 1.66. The number of nitrogens with zero attached hydrogens (tertiary/aromatic N) is 2. The van der Waals surface area contributed by atoms with E-state index in [1.807, 2.05) is 29.3 Å². The third-order valence-electron chi connectivity index (χ3n) is 4.49. The minimum absolute atomic E-state index is 0.215. The van der Waals surface area contributed by atoms with Gasteiger partial charge in [-0.05, 0) is 24.2 Å². The topological polar surface area (TPSA) is 48.6 Å². The number of hydrogen-bond donors (Lipinski definition) is 1. The Kier molecular flexibility index (Phi) is 4.34. The van der Waals surface area contributed by atoms with Gasteiger partial charge in [-0.15, -0.1) is 0 Å². The van der Waals surface area contributed by atoms with Crippen LogP contribution in [0.15, 0.2) is 24.4 Å². The molecule has 5 nitrogen and oxygen atoms in total. The standard InChI is InChI=1S/C17H23N3O2/c1-3-19-6-8-20(9-7-19)17(21)10-13-12-18-16-11-14(22-2)4-5-15(13)16/h4-5,11-12,18H,3,6-10H2,1-2H3. The Morgan fingerprint density at radius 3 is 2.73 bits per heavy atom. The molecule has 1 aromatic carbocycles. The van der Waals surface area contributed by atoms with E-state index in [2.05, 4.69) is 16.8 Å². The molecule has 0 unspecified atom stereocenters. The Labute approximate surface area is 130 Å². The van der Waals surface area contributed by atoms with Gasteiger partial charge in [0.15, 0.2) is 0 Å². The van der Waals surface area contributed by atoms with Crippen molar-refractivity contribution in [1.82, 2.24) is 14.8 Å². The summed E-state index contributed by atoms with van der Waals surface area (Å²) in [4.78, 5) is 20.1. The number of likely N-dealkylation sites (N-methyl/N-ethyl adjacent to an activating group) is 1. The molecule has 0 saturated carbocycles. The van der Waals surface area contributed by atoms with Gasteiger partial charge in [0.1, 0.15) is 5.75 Å². The first-order chi connectivity index (χ1) is 10.7. The number of methoxy groups -OCH3 is 1. The molecule has 3 rings (SSSR count). The molecule has 0 spiro atoms. The average molecular weight is 301 g/mol. The molecule has 0 aliphatic carbocycles. The highest BCUT2D eigenvalue weighted by molar-refractivity contribution is 5.89. The molecule has 0 atom stereocenters. The predicted octanol–water partition coefficient (Wildman–Crippen LogP) is 1.88. The van der Waals surface area contributed by atoms with Crippen molar-refractivity contribution in [3.8, 4) is 5.75 Å². The molecule has 5 heteroatoms. The summed E-state index contributed by atoms with van der Waals surface area (Å²) in [6, 6.07) is 5.91. The van der Waals surface area contributed by atoms with Crippen molar-refractivity contribution >= 4 is 16.8 Å². The fourth-order valence-corrected chi connectivity index (χ4v) is 3.03. The molecule has 0 bridgehead atoms. The van der Waals surface area contributed by atoms with Gasteiger partial charge in [-0.3, -0.25) is 4.79 Å². The fourth-order valence-electron chi connectivity index (χ4n) is 3.03. The van der Waals surface area contributed by atoms with E-state index in [0.717, 1.165) is 54.9 Å². The van der Waals surface area contributed by atoms with Gasteiger partial charge in [-0.2, -0.15) is 0 Å². The van der Waals surface area contributed by atoms with Crippen LogP contribution in [0.1, 0.15) is 12.5 Å². The van der Waals surface area contributed by atoms with Crippen molar-refractivity contribution in [2.75, 3.05) is 39.8 Å². The number of hydrogen-bond acceptors (Lipinski definition) is 3. The zero-order chi connectivity index (χ0) is 15.5. The van der Waals surface area contributed by atoms with E-state index < -0.39 is 0 Å². The van der Waals surface area contributed by atoms with Crippen molar-refractivity contribution in [2.24, 2.45) is 0 Å². The summed E-state index contributed by atoms with van der Waals surface area (Å²) in [5.41, 5.74) is 2.07. The van der Waals surface area contributed by atoms with E-state index in [-0.39, 0.29) is 5.91 Å². The SMILES string of the molecule is CCN1CCN(C(=O)Cc2c[nH]c3cc(OC)ccc23)CC1. The first kappa shape index (κ1) is 14.9. The second-order valence-electron chi connectivity index (χ2n) is 5.72. The minimum atomic E-state index is 0.215. The number of carbonyl (C=O) groups excluding carboxylic acids is 1.